The summed E-state index contributed by atoms with van der Waals surface area (Å²) in [7, 11) is 3.19. The molecule has 0 saturated carbocycles. The molecule has 130 valence electrons. The maximum atomic E-state index is 12.1. The number of ether oxygens (including phenoxy) is 1. The van der Waals surface area contributed by atoms with Crippen LogP contribution in [0.15, 0.2) is 54.6 Å². The summed E-state index contributed by atoms with van der Waals surface area (Å²) < 4.78 is 5.09. The number of hydrogen-bond donors (Lipinski definition) is 1. The van der Waals surface area contributed by atoms with Gasteiger partial charge in [0.2, 0.25) is 11.8 Å². The molecule has 1 N–H and O–H groups in total. The quantitative estimate of drug-likeness (QED) is 0.823. The van der Waals surface area contributed by atoms with Crippen LogP contribution in [0.2, 0.25) is 0 Å². The van der Waals surface area contributed by atoms with Gasteiger partial charge in [-0.05, 0) is 42.8 Å². The standard InChI is InChI=1S/C20H22N2O3/c1-15-4-9-17(10-5-15)21-19(23)14-22(2)20(24)13-8-16-6-11-18(25-3)12-7-16/h4-13H,14H2,1-3H3,(H,21,23)/b13-8+. The smallest absolute Gasteiger partial charge is 0.246 e. The normalized spacial score (nSPS) is 10.5. The molecule has 0 bridgehead atoms. The van der Waals surface area contributed by atoms with Crippen LogP contribution in [0.1, 0.15) is 11.1 Å². The van der Waals surface area contributed by atoms with Gasteiger partial charge >= 0.3 is 0 Å². The highest BCUT2D eigenvalue weighted by atomic mass is 16.5. The number of benzene rings is 2. The summed E-state index contributed by atoms with van der Waals surface area (Å²) in [6.07, 6.45) is 3.15. The van der Waals surface area contributed by atoms with Gasteiger partial charge in [-0.25, -0.2) is 0 Å². The Hall–Kier alpha value is -3.08. The first-order valence-corrected chi connectivity index (χ1v) is 7.91. The molecule has 0 aliphatic rings. The van der Waals surface area contributed by atoms with Crippen LogP contribution in [0, 0.1) is 6.92 Å². The van der Waals surface area contributed by atoms with E-state index in [1.165, 1.54) is 11.0 Å². The van der Waals surface area contributed by atoms with Crippen molar-refractivity contribution in [2.75, 3.05) is 26.0 Å². The first kappa shape index (κ1) is 18.3. The number of carbonyl (C=O) groups is 2. The van der Waals surface area contributed by atoms with E-state index in [1.54, 1.807) is 20.2 Å². The molecule has 2 aromatic rings. The molecule has 0 aromatic heterocycles. The Bertz CT molecular complexity index is 750. The van der Waals surface area contributed by atoms with Gasteiger partial charge in [0, 0.05) is 18.8 Å². The summed E-state index contributed by atoms with van der Waals surface area (Å²) in [4.78, 5) is 25.5. The van der Waals surface area contributed by atoms with Gasteiger partial charge in [0.1, 0.15) is 5.75 Å². The molecule has 2 amide bonds. The number of carbonyl (C=O) groups excluding carboxylic acids is 2. The second-order valence-electron chi connectivity index (χ2n) is 5.71. The molecule has 0 radical (unpaired) electrons. The molecule has 0 atom stereocenters. The third-order valence-corrected chi connectivity index (χ3v) is 3.63. The van der Waals surface area contributed by atoms with Crippen molar-refractivity contribution in [2.24, 2.45) is 0 Å². The average Bonchev–Trinajstić information content (AvgIpc) is 2.62. The average molecular weight is 338 g/mol. The largest absolute Gasteiger partial charge is 0.497 e. The van der Waals surface area contributed by atoms with Gasteiger partial charge in [-0.1, -0.05) is 29.8 Å². The topological polar surface area (TPSA) is 58.6 Å². The van der Waals surface area contributed by atoms with E-state index < -0.39 is 0 Å². The molecule has 2 aromatic carbocycles. The molecule has 0 fully saturated rings. The van der Waals surface area contributed by atoms with Crippen molar-refractivity contribution in [1.82, 2.24) is 4.90 Å². The van der Waals surface area contributed by atoms with Gasteiger partial charge in [-0.2, -0.15) is 0 Å². The van der Waals surface area contributed by atoms with Crippen LogP contribution in [0.25, 0.3) is 6.08 Å². The highest BCUT2D eigenvalue weighted by Crippen LogP contribution is 2.12. The minimum atomic E-state index is -0.241. The van der Waals surface area contributed by atoms with Crippen LogP contribution < -0.4 is 10.1 Å². The van der Waals surface area contributed by atoms with E-state index >= 15 is 0 Å². The van der Waals surface area contributed by atoms with E-state index in [4.69, 9.17) is 4.74 Å². The summed E-state index contributed by atoms with van der Waals surface area (Å²) >= 11 is 0. The van der Waals surface area contributed by atoms with Crippen LogP contribution in [0.4, 0.5) is 5.69 Å². The van der Waals surface area contributed by atoms with Crippen LogP contribution in [-0.2, 0) is 9.59 Å². The fourth-order valence-corrected chi connectivity index (χ4v) is 2.14. The maximum Gasteiger partial charge on any atom is 0.246 e. The monoisotopic (exact) mass is 338 g/mol. The van der Waals surface area contributed by atoms with Crippen molar-refractivity contribution in [1.29, 1.82) is 0 Å². The van der Waals surface area contributed by atoms with Gasteiger partial charge in [0.05, 0.1) is 13.7 Å². The predicted molar refractivity (Wildman–Crippen MR) is 99.5 cm³/mol. The lowest BCUT2D eigenvalue weighted by Crippen LogP contribution is -2.33. The zero-order chi connectivity index (χ0) is 18.2. The fraction of sp³-hybridized carbons (Fsp3) is 0.200. The number of methoxy groups -OCH3 is 1. The summed E-state index contributed by atoms with van der Waals surface area (Å²) in [5, 5.41) is 2.77. The van der Waals surface area contributed by atoms with E-state index in [2.05, 4.69) is 5.32 Å². The number of likely N-dealkylation sites (N-methyl/N-ethyl adjacent to an activating group) is 1. The van der Waals surface area contributed by atoms with E-state index in [1.807, 2.05) is 55.5 Å². The summed E-state index contributed by atoms with van der Waals surface area (Å²) in [6, 6.07) is 14.9. The third-order valence-electron chi connectivity index (χ3n) is 3.63. The number of aryl methyl sites for hydroxylation is 1. The Morgan fingerprint density at radius 2 is 1.72 bits per heavy atom. The summed E-state index contributed by atoms with van der Waals surface area (Å²) in [5.41, 5.74) is 2.71. The van der Waals surface area contributed by atoms with E-state index in [9.17, 15) is 9.59 Å². The second-order valence-corrected chi connectivity index (χ2v) is 5.71. The van der Waals surface area contributed by atoms with Crippen LogP contribution in [0.3, 0.4) is 0 Å². The maximum absolute atomic E-state index is 12.1. The molecule has 0 heterocycles. The van der Waals surface area contributed by atoms with E-state index in [0.717, 1.165) is 16.9 Å². The molecular weight excluding hydrogens is 316 g/mol. The third kappa shape index (κ3) is 5.80. The number of rotatable bonds is 6. The van der Waals surface area contributed by atoms with Crippen molar-refractivity contribution in [3.63, 3.8) is 0 Å². The minimum Gasteiger partial charge on any atom is -0.497 e. The molecule has 0 spiro atoms. The molecule has 0 aliphatic heterocycles. The zero-order valence-corrected chi connectivity index (χ0v) is 14.7. The van der Waals surface area contributed by atoms with Gasteiger partial charge in [-0.3, -0.25) is 9.59 Å². The number of anilines is 1. The highest BCUT2D eigenvalue weighted by Gasteiger charge is 2.10. The molecule has 0 unspecified atom stereocenters. The molecule has 25 heavy (non-hydrogen) atoms. The van der Waals surface area contributed by atoms with E-state index in [-0.39, 0.29) is 18.4 Å². The molecule has 0 aliphatic carbocycles. The molecule has 2 rings (SSSR count). The Morgan fingerprint density at radius 3 is 2.32 bits per heavy atom. The Balaban J connectivity index is 1.87. The van der Waals surface area contributed by atoms with Gasteiger partial charge in [-0.15, -0.1) is 0 Å². The number of amides is 2. The molecule has 5 nitrogen and oxygen atoms in total. The van der Waals surface area contributed by atoms with Crippen LogP contribution in [0.5, 0.6) is 5.75 Å². The highest BCUT2D eigenvalue weighted by molar-refractivity contribution is 5.97. The van der Waals surface area contributed by atoms with Gasteiger partial charge < -0.3 is 15.0 Å². The van der Waals surface area contributed by atoms with Crippen molar-refractivity contribution < 1.29 is 14.3 Å². The van der Waals surface area contributed by atoms with E-state index in [0.29, 0.717) is 5.69 Å². The Kier molecular flexibility index (Phi) is 6.34. The van der Waals surface area contributed by atoms with Crippen LogP contribution in [-0.4, -0.2) is 37.4 Å². The summed E-state index contributed by atoms with van der Waals surface area (Å²) in [6.45, 7) is 1.97. The number of nitrogens with zero attached hydrogens (tertiary/aromatic N) is 1. The Morgan fingerprint density at radius 1 is 1.08 bits per heavy atom. The lowest BCUT2D eigenvalue weighted by Gasteiger charge is -2.15. The molecular formula is C20H22N2O3. The SMILES string of the molecule is COc1ccc(/C=C/C(=O)N(C)CC(=O)Nc2ccc(C)cc2)cc1. The lowest BCUT2D eigenvalue weighted by atomic mass is 10.2. The second kappa shape index (κ2) is 8.68. The Labute approximate surface area is 147 Å². The van der Waals surface area contributed by atoms with Crippen molar-refractivity contribution >= 4 is 23.6 Å². The van der Waals surface area contributed by atoms with Crippen molar-refractivity contribution in [3.05, 3.63) is 65.7 Å². The predicted octanol–water partition coefficient (Wildman–Crippen LogP) is 3.11. The number of nitrogens with one attached hydrogen (secondary N) is 1. The minimum absolute atomic E-state index is 0.0142. The number of hydrogen-bond acceptors (Lipinski definition) is 3. The zero-order valence-electron chi connectivity index (χ0n) is 14.7. The van der Waals surface area contributed by atoms with Gasteiger partial charge in [0.25, 0.3) is 0 Å². The fourth-order valence-electron chi connectivity index (χ4n) is 2.14. The van der Waals surface area contributed by atoms with Crippen LogP contribution >= 0.6 is 0 Å². The van der Waals surface area contributed by atoms with Gasteiger partial charge in [0.15, 0.2) is 0 Å². The molecule has 5 heteroatoms. The molecule has 0 saturated heterocycles. The van der Waals surface area contributed by atoms with Crippen molar-refractivity contribution in [2.45, 2.75) is 6.92 Å². The first-order chi connectivity index (χ1) is 12.0. The van der Waals surface area contributed by atoms with Crippen molar-refractivity contribution in [3.8, 4) is 5.75 Å². The lowest BCUT2D eigenvalue weighted by molar-refractivity contribution is -0.129. The first-order valence-electron chi connectivity index (χ1n) is 7.91. The summed E-state index contributed by atoms with van der Waals surface area (Å²) in [5.74, 6) is 0.279.